The number of nitrogens with one attached hydrogen (secondary N) is 1. The van der Waals surface area contributed by atoms with Crippen LogP contribution in [-0.2, 0) is 13.1 Å². The van der Waals surface area contributed by atoms with E-state index < -0.39 is 0 Å². The Morgan fingerprint density at radius 3 is 2.78 bits per heavy atom. The zero-order valence-corrected chi connectivity index (χ0v) is 11.0. The monoisotopic (exact) mass is 249 g/mol. The third-order valence-corrected chi connectivity index (χ3v) is 3.83. The van der Waals surface area contributed by atoms with Gasteiger partial charge in [0, 0.05) is 25.3 Å². The van der Waals surface area contributed by atoms with E-state index >= 15 is 0 Å². The van der Waals surface area contributed by atoms with Gasteiger partial charge >= 0.3 is 0 Å². The first kappa shape index (κ1) is 12.1. The number of piperidine rings is 1. The SMILES string of the molecule is c1c(CNC2CC2)nnn1CCN1CCCCC1. The lowest BCUT2D eigenvalue weighted by molar-refractivity contribution is 0.217. The molecule has 0 amide bonds. The minimum atomic E-state index is 0.739. The van der Waals surface area contributed by atoms with Gasteiger partial charge < -0.3 is 10.2 Å². The zero-order chi connectivity index (χ0) is 12.2. The highest BCUT2D eigenvalue weighted by atomic mass is 15.4. The molecule has 1 saturated heterocycles. The van der Waals surface area contributed by atoms with Crippen molar-refractivity contribution in [1.82, 2.24) is 25.2 Å². The van der Waals surface area contributed by atoms with Crippen molar-refractivity contribution in [2.75, 3.05) is 19.6 Å². The minimum absolute atomic E-state index is 0.739. The van der Waals surface area contributed by atoms with E-state index in [9.17, 15) is 0 Å². The molecule has 5 nitrogen and oxygen atoms in total. The van der Waals surface area contributed by atoms with E-state index in [1.54, 1.807) is 0 Å². The Morgan fingerprint density at radius 2 is 2.00 bits per heavy atom. The summed E-state index contributed by atoms with van der Waals surface area (Å²) in [5.74, 6) is 0. The summed E-state index contributed by atoms with van der Waals surface area (Å²) < 4.78 is 1.98. The van der Waals surface area contributed by atoms with Crippen molar-refractivity contribution in [1.29, 1.82) is 0 Å². The Hall–Kier alpha value is -0.940. The lowest BCUT2D eigenvalue weighted by Crippen LogP contribution is -2.32. The zero-order valence-electron chi connectivity index (χ0n) is 11.0. The molecular formula is C13H23N5. The lowest BCUT2D eigenvalue weighted by Gasteiger charge is -2.25. The molecule has 5 heteroatoms. The van der Waals surface area contributed by atoms with Crippen LogP contribution in [0.2, 0.25) is 0 Å². The molecule has 2 aliphatic rings. The molecule has 18 heavy (non-hydrogen) atoms. The van der Waals surface area contributed by atoms with Gasteiger partial charge in [-0.05, 0) is 38.8 Å². The Morgan fingerprint density at radius 1 is 1.17 bits per heavy atom. The Labute approximate surface area is 109 Å². The van der Waals surface area contributed by atoms with E-state index in [1.807, 2.05) is 4.68 Å². The topological polar surface area (TPSA) is 46.0 Å². The maximum atomic E-state index is 4.21. The minimum Gasteiger partial charge on any atom is -0.308 e. The summed E-state index contributed by atoms with van der Waals surface area (Å²) in [6.45, 7) is 5.46. The van der Waals surface area contributed by atoms with E-state index in [1.165, 1.54) is 45.2 Å². The first-order valence-electron chi connectivity index (χ1n) is 7.25. The number of nitrogens with zero attached hydrogens (tertiary/aromatic N) is 4. The second kappa shape index (κ2) is 5.80. The molecule has 0 spiro atoms. The highest BCUT2D eigenvalue weighted by molar-refractivity contribution is 4.94. The summed E-state index contributed by atoms with van der Waals surface area (Å²) in [6, 6.07) is 0.739. The van der Waals surface area contributed by atoms with Crippen molar-refractivity contribution in [3.8, 4) is 0 Å². The van der Waals surface area contributed by atoms with Gasteiger partial charge in [-0.25, -0.2) is 0 Å². The van der Waals surface area contributed by atoms with Crippen molar-refractivity contribution >= 4 is 0 Å². The normalized spacial score (nSPS) is 21.3. The van der Waals surface area contributed by atoms with Crippen LogP contribution in [0, 0.1) is 0 Å². The third kappa shape index (κ3) is 3.53. The summed E-state index contributed by atoms with van der Waals surface area (Å²) in [6.07, 6.45) is 8.84. The molecule has 1 aromatic rings. The van der Waals surface area contributed by atoms with E-state index in [0.717, 1.165) is 31.4 Å². The first-order valence-corrected chi connectivity index (χ1v) is 7.25. The summed E-state index contributed by atoms with van der Waals surface area (Å²) >= 11 is 0. The van der Waals surface area contributed by atoms with Crippen LogP contribution in [0.15, 0.2) is 6.20 Å². The second-order valence-corrected chi connectivity index (χ2v) is 5.53. The van der Waals surface area contributed by atoms with Crippen LogP contribution in [0.5, 0.6) is 0 Å². The fraction of sp³-hybridized carbons (Fsp3) is 0.846. The lowest BCUT2D eigenvalue weighted by atomic mass is 10.1. The predicted molar refractivity (Wildman–Crippen MR) is 70.2 cm³/mol. The van der Waals surface area contributed by atoms with Crippen LogP contribution in [0.25, 0.3) is 0 Å². The van der Waals surface area contributed by atoms with Gasteiger partial charge in [0.2, 0.25) is 0 Å². The highest BCUT2D eigenvalue weighted by Gasteiger charge is 2.20. The van der Waals surface area contributed by atoms with Gasteiger partial charge in [-0.1, -0.05) is 11.6 Å². The molecule has 1 aliphatic carbocycles. The number of aromatic nitrogens is 3. The summed E-state index contributed by atoms with van der Waals surface area (Å²) in [5.41, 5.74) is 1.07. The van der Waals surface area contributed by atoms with Crippen molar-refractivity contribution in [2.24, 2.45) is 0 Å². The van der Waals surface area contributed by atoms with Gasteiger partial charge in [0.1, 0.15) is 0 Å². The fourth-order valence-electron chi connectivity index (χ4n) is 2.49. The molecular weight excluding hydrogens is 226 g/mol. The van der Waals surface area contributed by atoms with Crippen LogP contribution in [0.1, 0.15) is 37.8 Å². The third-order valence-electron chi connectivity index (χ3n) is 3.83. The summed E-state index contributed by atoms with van der Waals surface area (Å²) in [7, 11) is 0. The molecule has 2 fully saturated rings. The van der Waals surface area contributed by atoms with Crippen LogP contribution in [-0.4, -0.2) is 45.6 Å². The molecule has 0 unspecified atom stereocenters. The smallest absolute Gasteiger partial charge is 0.0964 e. The molecule has 100 valence electrons. The van der Waals surface area contributed by atoms with Crippen LogP contribution < -0.4 is 5.32 Å². The standard InChI is InChI=1S/C13H23N5/c1-2-6-17(7-3-1)8-9-18-11-13(15-16-18)10-14-12-4-5-12/h11-12,14H,1-10H2. The average Bonchev–Trinajstić information content (AvgIpc) is 3.14. The summed E-state index contributed by atoms with van der Waals surface area (Å²) in [5, 5.41) is 11.9. The Kier molecular flexibility index (Phi) is 3.90. The van der Waals surface area contributed by atoms with Gasteiger partial charge in [0.15, 0.2) is 0 Å². The fourth-order valence-corrected chi connectivity index (χ4v) is 2.49. The molecule has 0 atom stereocenters. The molecule has 1 saturated carbocycles. The van der Waals surface area contributed by atoms with Crippen LogP contribution in [0.3, 0.4) is 0 Å². The van der Waals surface area contributed by atoms with Crippen molar-refractivity contribution < 1.29 is 0 Å². The van der Waals surface area contributed by atoms with Crippen molar-refractivity contribution in [3.05, 3.63) is 11.9 Å². The van der Waals surface area contributed by atoms with Gasteiger partial charge in [0.05, 0.1) is 12.2 Å². The van der Waals surface area contributed by atoms with E-state index in [0.29, 0.717) is 0 Å². The quantitative estimate of drug-likeness (QED) is 0.817. The van der Waals surface area contributed by atoms with Crippen molar-refractivity contribution in [3.63, 3.8) is 0 Å². The molecule has 1 aromatic heterocycles. The van der Waals surface area contributed by atoms with E-state index in [-0.39, 0.29) is 0 Å². The maximum Gasteiger partial charge on any atom is 0.0964 e. The molecule has 0 aromatic carbocycles. The summed E-state index contributed by atoms with van der Waals surface area (Å²) in [4.78, 5) is 2.54. The first-order chi connectivity index (χ1) is 8.90. The van der Waals surface area contributed by atoms with Gasteiger partial charge in [-0.15, -0.1) is 5.10 Å². The van der Waals surface area contributed by atoms with Crippen molar-refractivity contribution in [2.45, 2.75) is 51.2 Å². The largest absolute Gasteiger partial charge is 0.308 e. The van der Waals surface area contributed by atoms with Crippen LogP contribution >= 0.6 is 0 Å². The Bertz CT molecular complexity index is 365. The number of hydrogen-bond acceptors (Lipinski definition) is 4. The van der Waals surface area contributed by atoms with E-state index in [4.69, 9.17) is 0 Å². The molecule has 0 bridgehead atoms. The molecule has 3 rings (SSSR count). The van der Waals surface area contributed by atoms with Gasteiger partial charge in [-0.2, -0.15) is 0 Å². The second-order valence-electron chi connectivity index (χ2n) is 5.53. The average molecular weight is 249 g/mol. The maximum absolute atomic E-state index is 4.21. The molecule has 2 heterocycles. The van der Waals surface area contributed by atoms with E-state index in [2.05, 4.69) is 26.7 Å². The number of likely N-dealkylation sites (tertiary alicyclic amines) is 1. The molecule has 0 radical (unpaired) electrons. The van der Waals surface area contributed by atoms with Crippen LogP contribution in [0.4, 0.5) is 0 Å². The number of hydrogen-bond donors (Lipinski definition) is 1. The number of rotatable bonds is 6. The molecule has 1 aliphatic heterocycles. The molecule has 1 N–H and O–H groups in total. The predicted octanol–water partition coefficient (Wildman–Crippen LogP) is 1.02. The Balaban J connectivity index is 1.41. The van der Waals surface area contributed by atoms with Gasteiger partial charge in [0.25, 0.3) is 0 Å². The highest BCUT2D eigenvalue weighted by Crippen LogP contribution is 2.18. The van der Waals surface area contributed by atoms with Gasteiger partial charge in [-0.3, -0.25) is 4.68 Å².